The molecule has 2 heterocycles. The Morgan fingerprint density at radius 2 is 1.72 bits per heavy atom. The van der Waals surface area contributed by atoms with E-state index in [2.05, 4.69) is 12.1 Å². The van der Waals surface area contributed by atoms with Gasteiger partial charge in [0.1, 0.15) is 0 Å². The van der Waals surface area contributed by atoms with Gasteiger partial charge in [-0.25, -0.2) is 0 Å². The number of nitrogens with two attached hydrogens (primary N) is 1. The lowest BCUT2D eigenvalue weighted by molar-refractivity contribution is -0.149. The fourth-order valence-corrected chi connectivity index (χ4v) is 5.42. The standard InChI is InChI=1S/C23H33N3O3/c24-15-19-16-26(17-20(19)18-6-2-1-3-7-18)22(28)23(8-4-5-9-23)14-21(27)25-10-12-29-13-11-25/h1-3,6-7,19-20H,4-5,8-17,24H2/t19-,20+/m1/s1. The minimum atomic E-state index is -0.528. The van der Waals surface area contributed by atoms with E-state index in [-0.39, 0.29) is 23.7 Å². The Morgan fingerprint density at radius 3 is 2.38 bits per heavy atom. The lowest BCUT2D eigenvalue weighted by atomic mass is 9.80. The highest BCUT2D eigenvalue weighted by molar-refractivity contribution is 5.89. The number of morpholine rings is 1. The Hall–Kier alpha value is -1.92. The maximum atomic E-state index is 13.7. The highest BCUT2D eigenvalue weighted by Gasteiger charge is 2.48. The first-order valence-corrected chi connectivity index (χ1v) is 11.0. The summed E-state index contributed by atoms with van der Waals surface area (Å²) in [6.45, 7) is 4.44. The SMILES string of the molecule is NC[C@@H]1CN(C(=O)C2(CC(=O)N3CCOCC3)CCCC2)C[C@H]1c1ccccc1. The van der Waals surface area contributed by atoms with E-state index in [1.807, 2.05) is 28.0 Å². The molecular weight excluding hydrogens is 366 g/mol. The second-order valence-corrected chi connectivity index (χ2v) is 8.88. The molecule has 29 heavy (non-hydrogen) atoms. The summed E-state index contributed by atoms with van der Waals surface area (Å²) >= 11 is 0. The van der Waals surface area contributed by atoms with Gasteiger partial charge < -0.3 is 20.3 Å². The quantitative estimate of drug-likeness (QED) is 0.822. The molecule has 2 atom stereocenters. The van der Waals surface area contributed by atoms with E-state index in [4.69, 9.17) is 10.5 Å². The molecule has 2 saturated heterocycles. The van der Waals surface area contributed by atoms with Crippen molar-refractivity contribution in [1.29, 1.82) is 0 Å². The van der Waals surface area contributed by atoms with Crippen molar-refractivity contribution in [1.82, 2.24) is 9.80 Å². The van der Waals surface area contributed by atoms with Crippen LogP contribution in [0.4, 0.5) is 0 Å². The van der Waals surface area contributed by atoms with Crippen LogP contribution in [0.3, 0.4) is 0 Å². The molecule has 3 fully saturated rings. The summed E-state index contributed by atoms with van der Waals surface area (Å²) in [4.78, 5) is 30.6. The average Bonchev–Trinajstić information content (AvgIpc) is 3.42. The maximum absolute atomic E-state index is 13.7. The number of carbonyl (C=O) groups excluding carboxylic acids is 2. The lowest BCUT2D eigenvalue weighted by Gasteiger charge is -2.35. The number of nitrogens with zero attached hydrogens (tertiary/aromatic N) is 2. The summed E-state index contributed by atoms with van der Waals surface area (Å²) in [6.07, 6.45) is 4.03. The molecule has 2 amide bonds. The van der Waals surface area contributed by atoms with Gasteiger partial charge in [-0.05, 0) is 30.9 Å². The van der Waals surface area contributed by atoms with Crippen molar-refractivity contribution in [3.63, 3.8) is 0 Å². The number of hydrogen-bond donors (Lipinski definition) is 1. The first kappa shape index (κ1) is 20.4. The van der Waals surface area contributed by atoms with Crippen LogP contribution in [0.5, 0.6) is 0 Å². The molecule has 0 aromatic heterocycles. The molecule has 6 heteroatoms. The summed E-state index contributed by atoms with van der Waals surface area (Å²) in [5.74, 6) is 0.833. The molecule has 0 unspecified atom stereocenters. The zero-order valence-corrected chi connectivity index (χ0v) is 17.2. The highest BCUT2D eigenvalue weighted by atomic mass is 16.5. The molecule has 1 aromatic rings. The maximum Gasteiger partial charge on any atom is 0.229 e. The Kier molecular flexibility index (Phi) is 6.20. The molecule has 1 aromatic carbocycles. The van der Waals surface area contributed by atoms with Crippen molar-refractivity contribution in [3.8, 4) is 0 Å². The van der Waals surface area contributed by atoms with Gasteiger partial charge in [0.2, 0.25) is 11.8 Å². The van der Waals surface area contributed by atoms with E-state index in [9.17, 15) is 9.59 Å². The molecule has 0 spiro atoms. The van der Waals surface area contributed by atoms with Gasteiger partial charge in [-0.3, -0.25) is 9.59 Å². The molecule has 158 valence electrons. The molecule has 6 nitrogen and oxygen atoms in total. The molecule has 2 N–H and O–H groups in total. The highest BCUT2D eigenvalue weighted by Crippen LogP contribution is 2.45. The predicted octanol–water partition coefficient (Wildman–Crippen LogP) is 2.00. The molecule has 1 saturated carbocycles. The predicted molar refractivity (Wildman–Crippen MR) is 111 cm³/mol. The summed E-state index contributed by atoms with van der Waals surface area (Å²) in [6, 6.07) is 10.4. The van der Waals surface area contributed by atoms with Gasteiger partial charge in [0.25, 0.3) is 0 Å². The van der Waals surface area contributed by atoms with E-state index in [0.29, 0.717) is 52.4 Å². The summed E-state index contributed by atoms with van der Waals surface area (Å²) in [5.41, 5.74) is 6.80. The third-order valence-electron chi connectivity index (χ3n) is 7.13. The van der Waals surface area contributed by atoms with Crippen molar-refractivity contribution in [2.24, 2.45) is 17.1 Å². The van der Waals surface area contributed by atoms with Crippen LogP contribution in [-0.2, 0) is 14.3 Å². The number of ether oxygens (including phenoxy) is 1. The number of rotatable bonds is 5. The van der Waals surface area contributed by atoms with Gasteiger partial charge in [-0.2, -0.15) is 0 Å². The fraction of sp³-hybridized carbons (Fsp3) is 0.652. The van der Waals surface area contributed by atoms with E-state index >= 15 is 0 Å². The Balaban J connectivity index is 1.49. The summed E-state index contributed by atoms with van der Waals surface area (Å²) in [7, 11) is 0. The summed E-state index contributed by atoms with van der Waals surface area (Å²) < 4.78 is 5.37. The van der Waals surface area contributed by atoms with Crippen LogP contribution in [0.2, 0.25) is 0 Å². The first-order chi connectivity index (χ1) is 14.1. The van der Waals surface area contributed by atoms with Crippen molar-refractivity contribution >= 4 is 11.8 Å². The topological polar surface area (TPSA) is 75.9 Å². The lowest BCUT2D eigenvalue weighted by Crippen LogP contribution is -2.47. The van der Waals surface area contributed by atoms with Gasteiger partial charge in [-0.1, -0.05) is 43.2 Å². The van der Waals surface area contributed by atoms with Crippen LogP contribution in [0.25, 0.3) is 0 Å². The van der Waals surface area contributed by atoms with Crippen LogP contribution < -0.4 is 5.73 Å². The van der Waals surface area contributed by atoms with Crippen LogP contribution in [0.15, 0.2) is 30.3 Å². The average molecular weight is 400 g/mol. The number of hydrogen-bond acceptors (Lipinski definition) is 4. The zero-order valence-electron chi connectivity index (χ0n) is 17.2. The van der Waals surface area contributed by atoms with Gasteiger partial charge in [0.05, 0.1) is 18.6 Å². The van der Waals surface area contributed by atoms with Crippen LogP contribution in [0.1, 0.15) is 43.6 Å². The van der Waals surface area contributed by atoms with Crippen LogP contribution >= 0.6 is 0 Å². The number of likely N-dealkylation sites (tertiary alicyclic amines) is 1. The van der Waals surface area contributed by atoms with Crippen LogP contribution in [-0.4, -0.2) is 67.6 Å². The number of carbonyl (C=O) groups is 2. The van der Waals surface area contributed by atoms with Crippen molar-refractivity contribution in [3.05, 3.63) is 35.9 Å². The zero-order chi connectivity index (χ0) is 20.3. The monoisotopic (exact) mass is 399 g/mol. The van der Waals surface area contributed by atoms with Crippen LogP contribution in [0, 0.1) is 11.3 Å². The smallest absolute Gasteiger partial charge is 0.229 e. The molecule has 0 bridgehead atoms. The molecular formula is C23H33N3O3. The number of amides is 2. The third-order valence-corrected chi connectivity index (χ3v) is 7.13. The molecule has 1 aliphatic carbocycles. The third kappa shape index (κ3) is 4.19. The van der Waals surface area contributed by atoms with E-state index in [1.54, 1.807) is 0 Å². The Morgan fingerprint density at radius 1 is 1.03 bits per heavy atom. The fourth-order valence-electron chi connectivity index (χ4n) is 5.42. The molecule has 3 aliphatic rings. The van der Waals surface area contributed by atoms with E-state index in [0.717, 1.165) is 25.7 Å². The molecule has 2 aliphatic heterocycles. The minimum absolute atomic E-state index is 0.109. The second-order valence-electron chi connectivity index (χ2n) is 8.88. The molecule has 4 rings (SSSR count). The van der Waals surface area contributed by atoms with Gasteiger partial charge in [0.15, 0.2) is 0 Å². The van der Waals surface area contributed by atoms with Gasteiger partial charge in [0, 0.05) is 38.5 Å². The van der Waals surface area contributed by atoms with Crippen molar-refractivity contribution in [2.75, 3.05) is 45.9 Å². The first-order valence-electron chi connectivity index (χ1n) is 11.0. The van der Waals surface area contributed by atoms with Gasteiger partial charge >= 0.3 is 0 Å². The second kappa shape index (κ2) is 8.84. The molecule has 0 radical (unpaired) electrons. The largest absolute Gasteiger partial charge is 0.378 e. The summed E-state index contributed by atoms with van der Waals surface area (Å²) in [5, 5.41) is 0. The van der Waals surface area contributed by atoms with Crippen molar-refractivity contribution in [2.45, 2.75) is 38.0 Å². The normalized spacial score (nSPS) is 26.7. The van der Waals surface area contributed by atoms with Gasteiger partial charge in [-0.15, -0.1) is 0 Å². The number of benzene rings is 1. The minimum Gasteiger partial charge on any atom is -0.378 e. The van der Waals surface area contributed by atoms with Crippen molar-refractivity contribution < 1.29 is 14.3 Å². The Labute approximate surface area is 173 Å². The van der Waals surface area contributed by atoms with E-state index in [1.165, 1.54) is 5.56 Å². The van der Waals surface area contributed by atoms with E-state index < -0.39 is 5.41 Å². The Bertz CT molecular complexity index is 711.